The van der Waals surface area contributed by atoms with Gasteiger partial charge in [0.25, 0.3) is 0 Å². The molecule has 4 heteroatoms. The van der Waals surface area contributed by atoms with Crippen molar-refractivity contribution >= 4 is 6.29 Å². The van der Waals surface area contributed by atoms with Gasteiger partial charge in [-0.2, -0.15) is 0 Å². The van der Waals surface area contributed by atoms with Gasteiger partial charge < -0.3 is 14.6 Å². The van der Waals surface area contributed by atoms with E-state index in [-0.39, 0.29) is 5.92 Å². The highest BCUT2D eigenvalue weighted by atomic mass is 16.7. The summed E-state index contributed by atoms with van der Waals surface area (Å²) in [5, 5.41) is 10.1. The molecule has 0 aromatic carbocycles. The number of aliphatic hydroxyl groups excluding tert-OH is 1. The fourth-order valence-electron chi connectivity index (χ4n) is 2.27. The molecule has 1 rings (SSSR count). The van der Waals surface area contributed by atoms with E-state index in [1.807, 2.05) is 20.8 Å². The molecular formula is C13H22O4. The van der Waals surface area contributed by atoms with E-state index in [9.17, 15) is 9.90 Å². The summed E-state index contributed by atoms with van der Waals surface area (Å²) in [7, 11) is 0. The number of aliphatic hydroxyl groups is 1. The van der Waals surface area contributed by atoms with E-state index in [0.717, 1.165) is 18.3 Å². The fourth-order valence-corrected chi connectivity index (χ4v) is 2.27. The molecule has 98 valence electrons. The minimum absolute atomic E-state index is 0.360. The number of hydrogen-bond acceptors (Lipinski definition) is 4. The second kappa shape index (κ2) is 6.89. The first-order valence-corrected chi connectivity index (χ1v) is 6.21. The van der Waals surface area contributed by atoms with E-state index < -0.39 is 12.4 Å². The van der Waals surface area contributed by atoms with E-state index in [4.69, 9.17) is 9.47 Å². The molecular weight excluding hydrogens is 220 g/mol. The number of ether oxygens (including phenoxy) is 2. The molecule has 0 heterocycles. The van der Waals surface area contributed by atoms with Gasteiger partial charge in [-0.15, -0.1) is 0 Å². The van der Waals surface area contributed by atoms with Gasteiger partial charge in [-0.25, -0.2) is 0 Å². The van der Waals surface area contributed by atoms with Crippen LogP contribution >= 0.6 is 0 Å². The zero-order valence-electron chi connectivity index (χ0n) is 10.8. The summed E-state index contributed by atoms with van der Waals surface area (Å²) < 4.78 is 11.0. The first-order chi connectivity index (χ1) is 8.15. The molecule has 0 spiro atoms. The van der Waals surface area contributed by atoms with Gasteiger partial charge >= 0.3 is 0 Å². The SMILES string of the molecule is CCOC(OCC)[C@H]1C(C=O)=C(C)CC[C@@H]1O. The molecule has 2 atom stereocenters. The predicted molar refractivity (Wildman–Crippen MR) is 64.5 cm³/mol. The lowest BCUT2D eigenvalue weighted by Crippen LogP contribution is -2.40. The molecule has 0 amide bonds. The molecule has 0 aromatic rings. The van der Waals surface area contributed by atoms with Crippen LogP contribution in [0, 0.1) is 5.92 Å². The zero-order valence-corrected chi connectivity index (χ0v) is 10.8. The summed E-state index contributed by atoms with van der Waals surface area (Å²) in [6, 6.07) is 0. The fraction of sp³-hybridized carbons (Fsp3) is 0.769. The molecule has 0 radical (unpaired) electrons. The highest BCUT2D eigenvalue weighted by Gasteiger charge is 2.36. The van der Waals surface area contributed by atoms with Gasteiger partial charge in [0.2, 0.25) is 0 Å². The number of hydrogen-bond donors (Lipinski definition) is 1. The number of aldehydes is 1. The minimum Gasteiger partial charge on any atom is -0.392 e. The molecule has 17 heavy (non-hydrogen) atoms. The van der Waals surface area contributed by atoms with Gasteiger partial charge in [0.05, 0.1) is 12.0 Å². The normalized spacial score (nSPS) is 25.5. The van der Waals surface area contributed by atoms with Crippen molar-refractivity contribution in [3.8, 4) is 0 Å². The van der Waals surface area contributed by atoms with Crippen LogP contribution in [0.15, 0.2) is 11.1 Å². The van der Waals surface area contributed by atoms with Crippen LogP contribution in [0.1, 0.15) is 33.6 Å². The topological polar surface area (TPSA) is 55.8 Å². The van der Waals surface area contributed by atoms with Crippen molar-refractivity contribution in [2.24, 2.45) is 5.92 Å². The van der Waals surface area contributed by atoms with Crippen LogP contribution in [0.5, 0.6) is 0 Å². The Kier molecular flexibility index (Phi) is 5.82. The van der Waals surface area contributed by atoms with Crippen molar-refractivity contribution in [1.29, 1.82) is 0 Å². The first-order valence-electron chi connectivity index (χ1n) is 6.21. The maximum Gasteiger partial charge on any atom is 0.166 e. The summed E-state index contributed by atoms with van der Waals surface area (Å²) in [5.74, 6) is -0.360. The lowest BCUT2D eigenvalue weighted by Gasteiger charge is -2.34. The van der Waals surface area contributed by atoms with E-state index in [0.29, 0.717) is 25.2 Å². The highest BCUT2D eigenvalue weighted by molar-refractivity contribution is 5.76. The molecule has 0 aliphatic heterocycles. The third kappa shape index (κ3) is 3.37. The lowest BCUT2D eigenvalue weighted by molar-refractivity contribution is -0.180. The van der Waals surface area contributed by atoms with E-state index >= 15 is 0 Å². The predicted octanol–water partition coefficient (Wildman–Crippen LogP) is 1.67. The quantitative estimate of drug-likeness (QED) is 0.568. The second-order valence-electron chi connectivity index (χ2n) is 4.26. The number of carbonyl (C=O) groups is 1. The van der Waals surface area contributed by atoms with Crippen LogP contribution in [0.3, 0.4) is 0 Å². The largest absolute Gasteiger partial charge is 0.392 e. The Labute approximate surface area is 103 Å². The van der Waals surface area contributed by atoms with Crippen molar-refractivity contribution < 1.29 is 19.4 Å². The Balaban J connectivity index is 2.94. The molecule has 0 saturated heterocycles. The highest BCUT2D eigenvalue weighted by Crippen LogP contribution is 2.33. The van der Waals surface area contributed by atoms with Gasteiger partial charge in [0, 0.05) is 18.8 Å². The number of allylic oxidation sites excluding steroid dienone is 1. The maximum atomic E-state index is 11.2. The molecule has 0 unspecified atom stereocenters. The van der Waals surface area contributed by atoms with Crippen molar-refractivity contribution in [2.45, 2.75) is 46.0 Å². The van der Waals surface area contributed by atoms with E-state index in [1.165, 1.54) is 0 Å². The summed E-state index contributed by atoms with van der Waals surface area (Å²) in [4.78, 5) is 11.2. The molecule has 1 N–H and O–H groups in total. The molecule has 0 fully saturated rings. The monoisotopic (exact) mass is 242 g/mol. The third-order valence-electron chi connectivity index (χ3n) is 3.16. The molecule has 0 saturated carbocycles. The molecule has 4 nitrogen and oxygen atoms in total. The summed E-state index contributed by atoms with van der Waals surface area (Å²) >= 11 is 0. The standard InChI is InChI=1S/C13H22O4/c1-4-16-13(17-5-2)12-10(8-14)9(3)6-7-11(12)15/h8,11-13,15H,4-7H2,1-3H3/t11-,12-/m0/s1. The van der Waals surface area contributed by atoms with Gasteiger partial charge in [0.15, 0.2) is 6.29 Å². The van der Waals surface area contributed by atoms with Crippen LogP contribution < -0.4 is 0 Å². The van der Waals surface area contributed by atoms with Crippen LogP contribution in [0.25, 0.3) is 0 Å². The Bertz CT molecular complexity index is 279. The van der Waals surface area contributed by atoms with Crippen molar-refractivity contribution in [3.63, 3.8) is 0 Å². The smallest absolute Gasteiger partial charge is 0.166 e. The Hall–Kier alpha value is -0.710. The van der Waals surface area contributed by atoms with Crippen molar-refractivity contribution in [1.82, 2.24) is 0 Å². The molecule has 1 aliphatic carbocycles. The Morgan fingerprint density at radius 2 is 2.00 bits per heavy atom. The maximum absolute atomic E-state index is 11.2. The first kappa shape index (κ1) is 14.4. The van der Waals surface area contributed by atoms with Crippen molar-refractivity contribution in [3.05, 3.63) is 11.1 Å². The number of rotatable bonds is 6. The van der Waals surface area contributed by atoms with Crippen molar-refractivity contribution in [2.75, 3.05) is 13.2 Å². The molecule has 0 aromatic heterocycles. The molecule has 0 bridgehead atoms. The number of carbonyl (C=O) groups excluding carboxylic acids is 1. The van der Waals surface area contributed by atoms with Crippen LogP contribution in [0.2, 0.25) is 0 Å². The van der Waals surface area contributed by atoms with Crippen LogP contribution in [-0.2, 0) is 14.3 Å². The van der Waals surface area contributed by atoms with Gasteiger partial charge in [-0.3, -0.25) is 4.79 Å². The summed E-state index contributed by atoms with van der Waals surface area (Å²) in [6.45, 7) is 6.67. The summed E-state index contributed by atoms with van der Waals surface area (Å²) in [6.07, 6.45) is 1.15. The Morgan fingerprint density at radius 3 is 2.47 bits per heavy atom. The average molecular weight is 242 g/mol. The van der Waals surface area contributed by atoms with Crippen LogP contribution in [0.4, 0.5) is 0 Å². The minimum atomic E-state index is -0.568. The van der Waals surface area contributed by atoms with E-state index in [1.54, 1.807) is 0 Å². The van der Waals surface area contributed by atoms with Gasteiger partial charge in [0.1, 0.15) is 6.29 Å². The van der Waals surface area contributed by atoms with Gasteiger partial charge in [-0.1, -0.05) is 5.57 Å². The van der Waals surface area contributed by atoms with Gasteiger partial charge in [-0.05, 0) is 33.6 Å². The third-order valence-corrected chi connectivity index (χ3v) is 3.16. The summed E-state index contributed by atoms with van der Waals surface area (Å²) in [5.41, 5.74) is 1.66. The van der Waals surface area contributed by atoms with Crippen LogP contribution in [-0.4, -0.2) is 37.0 Å². The van der Waals surface area contributed by atoms with E-state index in [2.05, 4.69) is 0 Å². The zero-order chi connectivity index (χ0) is 12.8. The molecule has 1 aliphatic rings. The Morgan fingerprint density at radius 1 is 1.41 bits per heavy atom. The lowest BCUT2D eigenvalue weighted by atomic mass is 9.81. The second-order valence-corrected chi connectivity index (χ2v) is 4.26. The average Bonchev–Trinajstić information content (AvgIpc) is 2.31.